The van der Waals surface area contributed by atoms with E-state index in [9.17, 15) is 0 Å². The molecule has 0 saturated carbocycles. The van der Waals surface area contributed by atoms with Crippen LogP contribution >= 0.6 is 43.5 Å². The van der Waals surface area contributed by atoms with E-state index in [1.165, 1.54) is 0 Å². The minimum Gasteiger partial charge on any atom is -0.496 e. The molecule has 0 saturated heterocycles. The van der Waals surface area contributed by atoms with Crippen LogP contribution in [0.1, 0.15) is 5.56 Å². The normalized spacial score (nSPS) is 10.4. The minimum atomic E-state index is 0.467. The van der Waals surface area contributed by atoms with Crippen LogP contribution in [-0.2, 0) is 0 Å². The Kier molecular flexibility index (Phi) is 4.83. The van der Waals surface area contributed by atoms with Crippen LogP contribution in [0.5, 0.6) is 17.2 Å². The van der Waals surface area contributed by atoms with Crippen molar-refractivity contribution >= 4 is 49.1 Å². The first kappa shape index (κ1) is 15.5. The van der Waals surface area contributed by atoms with E-state index in [-0.39, 0.29) is 0 Å². The second kappa shape index (κ2) is 6.24. The number of benzene rings is 2. The number of anilines is 1. The monoisotopic (exact) mass is 419 g/mol. The Morgan fingerprint density at radius 3 is 2.25 bits per heavy atom. The molecular formula is C14H12Br2ClNO2. The highest BCUT2D eigenvalue weighted by atomic mass is 79.9. The Labute approximate surface area is 139 Å². The van der Waals surface area contributed by atoms with E-state index in [1.54, 1.807) is 19.2 Å². The summed E-state index contributed by atoms with van der Waals surface area (Å²) in [7, 11) is 1.61. The van der Waals surface area contributed by atoms with Crippen LogP contribution in [0.4, 0.5) is 5.69 Å². The van der Waals surface area contributed by atoms with Gasteiger partial charge in [0.15, 0.2) is 0 Å². The lowest BCUT2D eigenvalue weighted by Crippen LogP contribution is -1.93. The number of ether oxygens (including phenoxy) is 2. The predicted molar refractivity (Wildman–Crippen MR) is 89.1 cm³/mol. The van der Waals surface area contributed by atoms with Gasteiger partial charge < -0.3 is 15.2 Å². The van der Waals surface area contributed by atoms with Crippen LogP contribution in [0.15, 0.2) is 33.2 Å². The molecule has 6 heteroatoms. The fraction of sp³-hybridized carbons (Fsp3) is 0.143. The zero-order chi connectivity index (χ0) is 14.9. The molecule has 0 fully saturated rings. The van der Waals surface area contributed by atoms with E-state index >= 15 is 0 Å². The average Bonchev–Trinajstić information content (AvgIpc) is 2.39. The van der Waals surface area contributed by atoms with Crippen molar-refractivity contribution in [3.8, 4) is 17.2 Å². The Hall–Kier alpha value is -0.910. The standard InChI is InChI=1S/C14H12Br2ClNO2/c1-7-3-11(18)10(17)6-12(7)20-14-5-8(15)13(19-2)4-9(14)16/h3-6H,18H2,1-2H3. The molecule has 0 spiro atoms. The van der Waals surface area contributed by atoms with Crippen molar-refractivity contribution in [2.45, 2.75) is 6.92 Å². The summed E-state index contributed by atoms with van der Waals surface area (Å²) in [5.74, 6) is 2.03. The van der Waals surface area contributed by atoms with Gasteiger partial charge in [0.05, 0.1) is 26.8 Å². The van der Waals surface area contributed by atoms with Crippen molar-refractivity contribution in [1.29, 1.82) is 0 Å². The van der Waals surface area contributed by atoms with Crippen LogP contribution in [0.2, 0.25) is 5.02 Å². The van der Waals surface area contributed by atoms with Gasteiger partial charge in [-0.25, -0.2) is 0 Å². The molecule has 0 aliphatic heterocycles. The molecule has 0 aromatic heterocycles. The van der Waals surface area contributed by atoms with E-state index in [4.69, 9.17) is 26.8 Å². The first-order valence-corrected chi connectivity index (χ1v) is 7.65. The highest BCUT2D eigenvalue weighted by Crippen LogP contribution is 2.39. The quantitative estimate of drug-likeness (QED) is 0.660. The Morgan fingerprint density at radius 1 is 1.00 bits per heavy atom. The average molecular weight is 422 g/mol. The largest absolute Gasteiger partial charge is 0.496 e. The van der Waals surface area contributed by atoms with Crippen molar-refractivity contribution in [2.24, 2.45) is 0 Å². The molecule has 2 aromatic rings. The molecule has 20 heavy (non-hydrogen) atoms. The summed E-state index contributed by atoms with van der Waals surface area (Å²) in [6.07, 6.45) is 0. The molecule has 0 unspecified atom stereocenters. The van der Waals surface area contributed by atoms with Gasteiger partial charge in [0.25, 0.3) is 0 Å². The van der Waals surface area contributed by atoms with Gasteiger partial charge in [0.2, 0.25) is 0 Å². The van der Waals surface area contributed by atoms with E-state index in [2.05, 4.69) is 31.9 Å². The molecule has 2 rings (SSSR count). The number of hydrogen-bond donors (Lipinski definition) is 1. The SMILES string of the molecule is COc1cc(Br)c(Oc2cc(Cl)c(N)cc2C)cc1Br. The van der Waals surface area contributed by atoms with Crippen LogP contribution in [0.3, 0.4) is 0 Å². The number of rotatable bonds is 3. The third-order valence-electron chi connectivity index (χ3n) is 2.72. The maximum absolute atomic E-state index is 6.02. The first-order chi connectivity index (χ1) is 9.42. The van der Waals surface area contributed by atoms with Crippen LogP contribution in [0.25, 0.3) is 0 Å². The predicted octanol–water partition coefficient (Wildman–Crippen LogP) is 5.56. The number of halogens is 3. The molecule has 0 aliphatic carbocycles. The maximum atomic E-state index is 6.02. The maximum Gasteiger partial charge on any atom is 0.143 e. The molecule has 0 radical (unpaired) electrons. The summed E-state index contributed by atoms with van der Waals surface area (Å²) in [6.45, 7) is 1.91. The van der Waals surface area contributed by atoms with Gasteiger partial charge in [-0.05, 0) is 62.5 Å². The highest BCUT2D eigenvalue weighted by molar-refractivity contribution is 9.11. The van der Waals surface area contributed by atoms with E-state index in [0.717, 1.165) is 20.3 Å². The fourth-order valence-corrected chi connectivity index (χ4v) is 2.70. The lowest BCUT2D eigenvalue weighted by atomic mass is 10.2. The Morgan fingerprint density at radius 2 is 1.60 bits per heavy atom. The van der Waals surface area contributed by atoms with Gasteiger partial charge in [-0.3, -0.25) is 0 Å². The topological polar surface area (TPSA) is 44.5 Å². The Bertz CT molecular complexity index is 662. The zero-order valence-electron chi connectivity index (χ0n) is 10.8. The summed E-state index contributed by atoms with van der Waals surface area (Å²) in [4.78, 5) is 0. The lowest BCUT2D eigenvalue weighted by Gasteiger charge is -2.13. The molecule has 2 N–H and O–H groups in total. The zero-order valence-corrected chi connectivity index (χ0v) is 14.8. The molecule has 0 amide bonds. The number of hydrogen-bond acceptors (Lipinski definition) is 3. The number of methoxy groups -OCH3 is 1. The van der Waals surface area contributed by atoms with Gasteiger partial charge >= 0.3 is 0 Å². The van der Waals surface area contributed by atoms with Crippen molar-refractivity contribution in [2.75, 3.05) is 12.8 Å². The van der Waals surface area contributed by atoms with Crippen LogP contribution in [-0.4, -0.2) is 7.11 Å². The Balaban J connectivity index is 2.40. The minimum absolute atomic E-state index is 0.467. The van der Waals surface area contributed by atoms with Crippen LogP contribution < -0.4 is 15.2 Å². The second-order valence-electron chi connectivity index (χ2n) is 4.16. The van der Waals surface area contributed by atoms with Crippen LogP contribution in [0, 0.1) is 6.92 Å². The summed E-state index contributed by atoms with van der Waals surface area (Å²) >= 11 is 12.9. The van der Waals surface area contributed by atoms with E-state index in [1.807, 2.05) is 19.1 Å². The number of aryl methyl sites for hydroxylation is 1. The molecule has 0 atom stereocenters. The first-order valence-electron chi connectivity index (χ1n) is 5.69. The van der Waals surface area contributed by atoms with Gasteiger partial charge in [-0.15, -0.1) is 0 Å². The molecular weight excluding hydrogens is 409 g/mol. The summed E-state index contributed by atoms with van der Waals surface area (Å²) in [6, 6.07) is 7.14. The molecule has 106 valence electrons. The smallest absolute Gasteiger partial charge is 0.143 e. The third-order valence-corrected chi connectivity index (χ3v) is 4.29. The van der Waals surface area contributed by atoms with E-state index < -0.39 is 0 Å². The van der Waals surface area contributed by atoms with Crippen molar-refractivity contribution in [3.05, 3.63) is 43.8 Å². The van der Waals surface area contributed by atoms with Gasteiger partial charge in [0.1, 0.15) is 17.2 Å². The molecule has 0 bridgehead atoms. The van der Waals surface area contributed by atoms with Crippen molar-refractivity contribution in [1.82, 2.24) is 0 Å². The number of nitrogen functional groups attached to an aromatic ring is 1. The molecule has 0 heterocycles. The summed E-state index contributed by atoms with van der Waals surface area (Å²) < 4.78 is 12.7. The van der Waals surface area contributed by atoms with Gasteiger partial charge in [0, 0.05) is 6.07 Å². The summed E-state index contributed by atoms with van der Waals surface area (Å²) in [5.41, 5.74) is 7.20. The van der Waals surface area contributed by atoms with Crippen molar-refractivity contribution in [3.63, 3.8) is 0 Å². The molecule has 0 aliphatic rings. The highest BCUT2D eigenvalue weighted by Gasteiger charge is 2.11. The number of nitrogens with two attached hydrogens (primary N) is 1. The van der Waals surface area contributed by atoms with Crippen molar-refractivity contribution < 1.29 is 9.47 Å². The van der Waals surface area contributed by atoms with E-state index in [0.29, 0.717) is 22.2 Å². The van der Waals surface area contributed by atoms with Gasteiger partial charge in [-0.2, -0.15) is 0 Å². The third kappa shape index (κ3) is 3.22. The summed E-state index contributed by atoms with van der Waals surface area (Å²) in [5, 5.41) is 0.467. The second-order valence-corrected chi connectivity index (χ2v) is 6.27. The lowest BCUT2D eigenvalue weighted by molar-refractivity contribution is 0.409. The molecule has 2 aromatic carbocycles. The molecule has 3 nitrogen and oxygen atoms in total. The fourth-order valence-electron chi connectivity index (χ4n) is 1.66. The van der Waals surface area contributed by atoms with Gasteiger partial charge in [-0.1, -0.05) is 11.6 Å².